The van der Waals surface area contributed by atoms with Gasteiger partial charge >= 0.3 is 0 Å². The second-order valence-electron chi connectivity index (χ2n) is 6.90. The molecule has 0 bridgehead atoms. The van der Waals surface area contributed by atoms with Crippen LogP contribution in [0.1, 0.15) is 23.7 Å². The summed E-state index contributed by atoms with van der Waals surface area (Å²) in [6.07, 6.45) is -2.67. The van der Waals surface area contributed by atoms with E-state index in [2.05, 4.69) is 0 Å². The van der Waals surface area contributed by atoms with Gasteiger partial charge in [-0.1, -0.05) is 60.7 Å². The molecule has 27 heavy (non-hydrogen) atoms. The molecule has 7 atom stereocenters. The number of rotatable bonds is 3. The van der Waals surface area contributed by atoms with E-state index < -0.39 is 18.9 Å². The molecule has 0 aromatic heterocycles. The fraction of sp³-hybridized carbons (Fsp3) is 0.429. The quantitative estimate of drug-likeness (QED) is 0.828. The fourth-order valence-corrected chi connectivity index (χ4v) is 3.90. The molecule has 0 radical (unpaired) electrons. The third kappa shape index (κ3) is 3.18. The highest BCUT2D eigenvalue weighted by molar-refractivity contribution is 5.18. The first-order chi connectivity index (χ1) is 13.3. The molecule has 3 aliphatic rings. The van der Waals surface area contributed by atoms with Crippen molar-refractivity contribution >= 4 is 0 Å². The Hall–Kier alpha value is -1.80. The standard InChI is InChI=1S/C21H22O6/c1-22-21-18-17(26-20(27-18)14-10-6-3-7-11-14)16-15(24-21)12-23-19(25-16)13-8-4-2-5-9-13/h2-11,15-21H,12H2,1H3/t15-,16-,17+,18+,19-,20-,21-/m0/s1. The minimum absolute atomic E-state index is 0.269. The molecule has 2 aromatic rings. The third-order valence-electron chi connectivity index (χ3n) is 5.22. The van der Waals surface area contributed by atoms with Crippen LogP contribution >= 0.6 is 0 Å². The van der Waals surface area contributed by atoms with Crippen molar-refractivity contribution in [2.45, 2.75) is 43.3 Å². The summed E-state index contributed by atoms with van der Waals surface area (Å²) in [4.78, 5) is 0. The van der Waals surface area contributed by atoms with Gasteiger partial charge in [-0.2, -0.15) is 0 Å². The highest BCUT2D eigenvalue weighted by atomic mass is 16.8. The smallest absolute Gasteiger partial charge is 0.186 e. The van der Waals surface area contributed by atoms with Crippen LogP contribution in [0, 0.1) is 0 Å². The lowest BCUT2D eigenvalue weighted by Crippen LogP contribution is -2.61. The molecule has 3 fully saturated rings. The van der Waals surface area contributed by atoms with Crippen LogP contribution in [0.25, 0.3) is 0 Å². The van der Waals surface area contributed by atoms with Gasteiger partial charge in [0.1, 0.15) is 24.4 Å². The molecule has 0 unspecified atom stereocenters. The lowest BCUT2D eigenvalue weighted by molar-refractivity contribution is -0.343. The normalized spacial score (nSPS) is 38.2. The second-order valence-corrected chi connectivity index (χ2v) is 6.90. The highest BCUT2D eigenvalue weighted by Crippen LogP contribution is 2.43. The van der Waals surface area contributed by atoms with E-state index in [9.17, 15) is 0 Å². The van der Waals surface area contributed by atoms with Crippen LogP contribution < -0.4 is 0 Å². The Kier molecular flexibility index (Phi) is 4.69. The summed E-state index contributed by atoms with van der Waals surface area (Å²) in [7, 11) is 1.61. The van der Waals surface area contributed by atoms with Crippen molar-refractivity contribution in [2.75, 3.05) is 13.7 Å². The average molecular weight is 370 g/mol. The molecular weight excluding hydrogens is 348 g/mol. The molecule has 0 amide bonds. The molecule has 2 aromatic carbocycles. The molecule has 6 nitrogen and oxygen atoms in total. The Bertz CT molecular complexity index is 754. The first kappa shape index (κ1) is 17.3. The largest absolute Gasteiger partial charge is 0.353 e. The third-order valence-corrected chi connectivity index (χ3v) is 5.22. The number of hydrogen-bond donors (Lipinski definition) is 0. The van der Waals surface area contributed by atoms with Crippen molar-refractivity contribution in [1.82, 2.24) is 0 Å². The van der Waals surface area contributed by atoms with Gasteiger partial charge in [0.2, 0.25) is 0 Å². The second kappa shape index (κ2) is 7.31. The van der Waals surface area contributed by atoms with Gasteiger partial charge < -0.3 is 28.4 Å². The van der Waals surface area contributed by atoms with Crippen LogP contribution in [0.15, 0.2) is 60.7 Å². The molecule has 6 heteroatoms. The van der Waals surface area contributed by atoms with Crippen LogP contribution in [0.4, 0.5) is 0 Å². The zero-order valence-corrected chi connectivity index (χ0v) is 15.0. The summed E-state index contributed by atoms with van der Waals surface area (Å²) in [5.41, 5.74) is 1.94. The van der Waals surface area contributed by atoms with Crippen LogP contribution in [0.3, 0.4) is 0 Å². The lowest BCUT2D eigenvalue weighted by atomic mass is 9.98. The molecule has 3 heterocycles. The van der Waals surface area contributed by atoms with E-state index in [0.29, 0.717) is 6.61 Å². The monoisotopic (exact) mass is 370 g/mol. The molecule has 3 saturated heterocycles. The summed E-state index contributed by atoms with van der Waals surface area (Å²) >= 11 is 0. The zero-order valence-electron chi connectivity index (χ0n) is 15.0. The van der Waals surface area contributed by atoms with Crippen molar-refractivity contribution in [3.8, 4) is 0 Å². The van der Waals surface area contributed by atoms with Crippen LogP contribution in [0.2, 0.25) is 0 Å². The van der Waals surface area contributed by atoms with Crippen molar-refractivity contribution < 1.29 is 28.4 Å². The maximum Gasteiger partial charge on any atom is 0.186 e. The number of hydrogen-bond acceptors (Lipinski definition) is 6. The Morgan fingerprint density at radius 1 is 0.704 bits per heavy atom. The van der Waals surface area contributed by atoms with Gasteiger partial charge in [-0.05, 0) is 0 Å². The molecule has 0 saturated carbocycles. The minimum Gasteiger partial charge on any atom is -0.353 e. The summed E-state index contributed by atoms with van der Waals surface area (Å²) < 4.78 is 36.1. The lowest BCUT2D eigenvalue weighted by Gasteiger charge is -2.45. The van der Waals surface area contributed by atoms with Gasteiger partial charge in [0.15, 0.2) is 18.9 Å². The van der Waals surface area contributed by atoms with Gasteiger partial charge in [-0.15, -0.1) is 0 Å². The van der Waals surface area contributed by atoms with Gasteiger partial charge in [0.25, 0.3) is 0 Å². The molecule has 142 valence electrons. The van der Waals surface area contributed by atoms with E-state index in [1.165, 1.54) is 0 Å². The summed E-state index contributed by atoms with van der Waals surface area (Å²) in [6, 6.07) is 19.8. The van der Waals surface area contributed by atoms with E-state index in [1.54, 1.807) is 7.11 Å². The zero-order chi connectivity index (χ0) is 18.2. The summed E-state index contributed by atoms with van der Waals surface area (Å²) in [5, 5.41) is 0. The number of methoxy groups -OCH3 is 1. The van der Waals surface area contributed by atoms with Gasteiger partial charge in [-0.25, -0.2) is 0 Å². The van der Waals surface area contributed by atoms with Crippen molar-refractivity contribution in [1.29, 1.82) is 0 Å². The summed E-state index contributed by atoms with van der Waals surface area (Å²) in [5.74, 6) is 0. The predicted molar refractivity (Wildman–Crippen MR) is 94.6 cm³/mol. The van der Waals surface area contributed by atoms with E-state index in [0.717, 1.165) is 11.1 Å². The van der Waals surface area contributed by atoms with Crippen molar-refractivity contribution in [3.63, 3.8) is 0 Å². The average Bonchev–Trinajstić information content (AvgIpc) is 3.20. The van der Waals surface area contributed by atoms with Crippen LogP contribution in [-0.4, -0.2) is 44.4 Å². The molecule has 5 rings (SSSR count). The summed E-state index contributed by atoms with van der Waals surface area (Å²) in [6.45, 7) is 0.409. The van der Waals surface area contributed by atoms with E-state index in [1.807, 2.05) is 60.7 Å². The van der Waals surface area contributed by atoms with Crippen LogP contribution in [0.5, 0.6) is 0 Å². The fourth-order valence-electron chi connectivity index (χ4n) is 3.90. The maximum atomic E-state index is 6.27. The molecule has 0 spiro atoms. The first-order valence-electron chi connectivity index (χ1n) is 9.19. The van der Waals surface area contributed by atoms with Crippen LogP contribution in [-0.2, 0) is 28.4 Å². The molecular formula is C21H22O6. The van der Waals surface area contributed by atoms with E-state index in [-0.39, 0.29) is 24.4 Å². The molecule has 3 aliphatic heterocycles. The van der Waals surface area contributed by atoms with Gasteiger partial charge in [-0.3, -0.25) is 0 Å². The SMILES string of the molecule is CO[C@H]1O[C@H]2CO[C@H](c3ccccc3)O[C@@H]2[C@H]2O[C@H](c3ccccc3)O[C@@H]12. The van der Waals surface area contributed by atoms with E-state index >= 15 is 0 Å². The van der Waals surface area contributed by atoms with Gasteiger partial charge in [0.05, 0.1) is 6.61 Å². The first-order valence-corrected chi connectivity index (χ1v) is 9.19. The van der Waals surface area contributed by atoms with Crippen molar-refractivity contribution in [2.24, 2.45) is 0 Å². The Balaban J connectivity index is 1.39. The van der Waals surface area contributed by atoms with Crippen molar-refractivity contribution in [3.05, 3.63) is 71.8 Å². The van der Waals surface area contributed by atoms with E-state index in [4.69, 9.17) is 28.4 Å². The highest BCUT2D eigenvalue weighted by Gasteiger charge is 2.56. The minimum atomic E-state index is -0.523. The molecule has 0 N–H and O–H groups in total. The molecule has 0 aliphatic carbocycles. The topological polar surface area (TPSA) is 55.4 Å². The van der Waals surface area contributed by atoms with Gasteiger partial charge in [0, 0.05) is 18.2 Å². The maximum absolute atomic E-state index is 6.27. The number of fused-ring (bicyclic) bond motifs is 3. The Labute approximate surface area is 157 Å². The number of ether oxygens (including phenoxy) is 6. The Morgan fingerprint density at radius 2 is 1.30 bits per heavy atom. The number of benzene rings is 2. The Morgan fingerprint density at radius 3 is 1.96 bits per heavy atom. The predicted octanol–water partition coefficient (Wildman–Crippen LogP) is 2.95.